The van der Waals surface area contributed by atoms with E-state index in [9.17, 15) is 19.2 Å². The van der Waals surface area contributed by atoms with E-state index in [1.807, 2.05) is 0 Å². The fourth-order valence-corrected chi connectivity index (χ4v) is 2.23. The van der Waals surface area contributed by atoms with Crippen molar-refractivity contribution in [2.45, 2.75) is 57.8 Å². The lowest BCUT2D eigenvalue weighted by atomic mass is 9.74. The Labute approximate surface area is 127 Å². The van der Waals surface area contributed by atoms with Crippen LogP contribution in [0.2, 0.25) is 0 Å². The van der Waals surface area contributed by atoms with E-state index in [4.69, 9.17) is 20.4 Å². The molecule has 0 aromatic heterocycles. The zero-order chi connectivity index (χ0) is 17.2. The molecule has 0 saturated heterocycles. The van der Waals surface area contributed by atoms with Gasteiger partial charge in [-0.15, -0.1) is 0 Å². The van der Waals surface area contributed by atoms with Crippen LogP contribution in [0.3, 0.4) is 0 Å². The Hall–Kier alpha value is -2.12. The van der Waals surface area contributed by atoms with E-state index in [1.165, 1.54) is 0 Å². The summed E-state index contributed by atoms with van der Waals surface area (Å²) in [5.41, 5.74) is -1.49. The van der Waals surface area contributed by atoms with E-state index in [-0.39, 0.29) is 25.7 Å². The fourth-order valence-electron chi connectivity index (χ4n) is 2.23. The Balaban J connectivity index is 0.000000409. The van der Waals surface area contributed by atoms with Crippen molar-refractivity contribution in [2.75, 3.05) is 0 Å². The quantitative estimate of drug-likeness (QED) is 0.410. The molecule has 1 aliphatic carbocycles. The molecule has 0 amide bonds. The second kappa shape index (κ2) is 9.75. The number of carboxylic acids is 4. The highest BCUT2D eigenvalue weighted by Crippen LogP contribution is 2.36. The van der Waals surface area contributed by atoms with Crippen LogP contribution in [0.25, 0.3) is 0 Å². The van der Waals surface area contributed by atoms with Gasteiger partial charge in [0.1, 0.15) is 0 Å². The number of unbranched alkanes of at least 4 members (excludes halogenated alkanes) is 1. The minimum atomic E-state index is -1.49. The first kappa shape index (κ1) is 19.9. The summed E-state index contributed by atoms with van der Waals surface area (Å²) >= 11 is 0. The predicted molar refractivity (Wildman–Crippen MR) is 74.5 cm³/mol. The SMILES string of the molecule is O=C(O)C1(C(=O)O)CCCCC1.O=C(O)CCCCC(=O)O. The molecule has 0 unspecified atom stereocenters. The second-order valence-corrected chi connectivity index (χ2v) is 5.25. The molecule has 4 N–H and O–H groups in total. The summed E-state index contributed by atoms with van der Waals surface area (Å²) in [7, 11) is 0. The lowest BCUT2D eigenvalue weighted by molar-refractivity contribution is -0.167. The maximum absolute atomic E-state index is 10.7. The molecular formula is C14H22O8. The van der Waals surface area contributed by atoms with E-state index in [0.717, 1.165) is 6.42 Å². The Morgan fingerprint density at radius 1 is 0.682 bits per heavy atom. The summed E-state index contributed by atoms with van der Waals surface area (Å²) < 4.78 is 0. The van der Waals surface area contributed by atoms with Gasteiger partial charge >= 0.3 is 23.9 Å². The first-order valence-electron chi connectivity index (χ1n) is 7.13. The van der Waals surface area contributed by atoms with Gasteiger partial charge in [0, 0.05) is 12.8 Å². The molecule has 0 aliphatic heterocycles. The fraction of sp³-hybridized carbons (Fsp3) is 0.714. The average molecular weight is 318 g/mol. The molecule has 1 aliphatic rings. The molecule has 1 saturated carbocycles. The summed E-state index contributed by atoms with van der Waals surface area (Å²) in [6.45, 7) is 0. The summed E-state index contributed by atoms with van der Waals surface area (Å²) in [4.78, 5) is 41.3. The standard InChI is InChI=1S/C8H12O4.C6H10O4/c9-6(10)8(7(11)12)4-2-1-3-5-8;7-5(8)3-1-2-4-6(9)10/h1-5H2,(H,9,10)(H,11,12);1-4H2,(H,7,8)(H,9,10). The summed E-state index contributed by atoms with van der Waals surface area (Å²) in [5.74, 6) is -4.11. The zero-order valence-electron chi connectivity index (χ0n) is 12.3. The van der Waals surface area contributed by atoms with Crippen LogP contribution in [0.4, 0.5) is 0 Å². The topological polar surface area (TPSA) is 149 Å². The summed E-state index contributed by atoms with van der Waals surface area (Å²) in [5, 5.41) is 33.8. The van der Waals surface area contributed by atoms with Crippen LogP contribution >= 0.6 is 0 Å². The normalized spacial score (nSPS) is 16.0. The molecule has 126 valence electrons. The van der Waals surface area contributed by atoms with Crippen LogP contribution in [0.1, 0.15) is 57.8 Å². The maximum atomic E-state index is 10.7. The zero-order valence-corrected chi connectivity index (χ0v) is 12.3. The Morgan fingerprint density at radius 3 is 1.27 bits per heavy atom. The molecule has 1 rings (SSSR count). The maximum Gasteiger partial charge on any atom is 0.321 e. The van der Waals surface area contributed by atoms with Crippen LogP contribution in [0.15, 0.2) is 0 Å². The molecule has 8 heteroatoms. The third-order valence-corrected chi connectivity index (χ3v) is 3.56. The number of carboxylic acid groups (broad SMARTS) is 4. The lowest BCUT2D eigenvalue weighted by Gasteiger charge is -2.28. The number of rotatable bonds is 7. The first-order valence-corrected chi connectivity index (χ1v) is 7.13. The smallest absolute Gasteiger partial charge is 0.321 e. The van der Waals surface area contributed by atoms with E-state index in [2.05, 4.69) is 0 Å². The Bertz CT molecular complexity index is 377. The molecule has 0 spiro atoms. The summed E-state index contributed by atoms with van der Waals surface area (Å²) in [6.07, 6.45) is 3.93. The van der Waals surface area contributed by atoms with E-state index in [0.29, 0.717) is 25.7 Å². The largest absolute Gasteiger partial charge is 0.481 e. The minimum absolute atomic E-state index is 0.0628. The predicted octanol–water partition coefficient (Wildman–Crippen LogP) is 1.82. The van der Waals surface area contributed by atoms with Crippen LogP contribution in [-0.4, -0.2) is 44.3 Å². The molecule has 1 fully saturated rings. The molecule has 0 bridgehead atoms. The third kappa shape index (κ3) is 7.05. The number of carbonyl (C=O) groups is 4. The summed E-state index contributed by atoms with van der Waals surface area (Å²) in [6, 6.07) is 0. The Morgan fingerprint density at radius 2 is 1.05 bits per heavy atom. The average Bonchev–Trinajstić information content (AvgIpc) is 2.44. The van der Waals surface area contributed by atoms with Gasteiger partial charge in [0.25, 0.3) is 0 Å². The number of hydrogen-bond acceptors (Lipinski definition) is 4. The van der Waals surface area contributed by atoms with Crippen molar-refractivity contribution in [2.24, 2.45) is 5.41 Å². The molecule has 8 nitrogen and oxygen atoms in total. The van der Waals surface area contributed by atoms with Gasteiger partial charge in [0.15, 0.2) is 5.41 Å². The van der Waals surface area contributed by atoms with Gasteiger partial charge in [-0.05, 0) is 25.7 Å². The van der Waals surface area contributed by atoms with Crippen LogP contribution in [-0.2, 0) is 19.2 Å². The Kier molecular flexibility index (Phi) is 8.81. The van der Waals surface area contributed by atoms with Gasteiger partial charge in [-0.3, -0.25) is 19.2 Å². The lowest BCUT2D eigenvalue weighted by Crippen LogP contribution is -2.40. The molecule has 0 atom stereocenters. The van der Waals surface area contributed by atoms with E-state index >= 15 is 0 Å². The van der Waals surface area contributed by atoms with Gasteiger partial charge in [0.05, 0.1) is 0 Å². The molecular weight excluding hydrogens is 296 g/mol. The molecule has 0 radical (unpaired) electrons. The van der Waals surface area contributed by atoms with Gasteiger partial charge in [-0.1, -0.05) is 19.3 Å². The van der Waals surface area contributed by atoms with Crippen LogP contribution in [0.5, 0.6) is 0 Å². The van der Waals surface area contributed by atoms with Crippen molar-refractivity contribution in [3.63, 3.8) is 0 Å². The van der Waals surface area contributed by atoms with Crippen molar-refractivity contribution in [3.05, 3.63) is 0 Å². The van der Waals surface area contributed by atoms with Crippen molar-refractivity contribution < 1.29 is 39.6 Å². The van der Waals surface area contributed by atoms with E-state index < -0.39 is 29.3 Å². The van der Waals surface area contributed by atoms with Gasteiger partial charge in [-0.25, -0.2) is 0 Å². The van der Waals surface area contributed by atoms with Crippen molar-refractivity contribution in [1.29, 1.82) is 0 Å². The second-order valence-electron chi connectivity index (χ2n) is 5.25. The first-order chi connectivity index (χ1) is 10.2. The monoisotopic (exact) mass is 318 g/mol. The van der Waals surface area contributed by atoms with Crippen molar-refractivity contribution >= 4 is 23.9 Å². The highest BCUT2D eigenvalue weighted by molar-refractivity contribution is 5.98. The van der Waals surface area contributed by atoms with Gasteiger partial charge in [0.2, 0.25) is 0 Å². The number of hydrogen-bond donors (Lipinski definition) is 4. The minimum Gasteiger partial charge on any atom is -0.481 e. The molecule has 0 heterocycles. The van der Waals surface area contributed by atoms with Crippen LogP contribution < -0.4 is 0 Å². The molecule has 0 aromatic carbocycles. The molecule has 22 heavy (non-hydrogen) atoms. The molecule has 0 aromatic rings. The van der Waals surface area contributed by atoms with Crippen LogP contribution in [0, 0.1) is 5.41 Å². The van der Waals surface area contributed by atoms with Gasteiger partial charge < -0.3 is 20.4 Å². The van der Waals surface area contributed by atoms with Crippen molar-refractivity contribution in [3.8, 4) is 0 Å². The highest BCUT2D eigenvalue weighted by Gasteiger charge is 2.46. The van der Waals surface area contributed by atoms with E-state index in [1.54, 1.807) is 0 Å². The van der Waals surface area contributed by atoms with Crippen molar-refractivity contribution in [1.82, 2.24) is 0 Å². The number of aliphatic carboxylic acids is 4. The highest BCUT2D eigenvalue weighted by atomic mass is 16.4. The van der Waals surface area contributed by atoms with Gasteiger partial charge in [-0.2, -0.15) is 0 Å². The third-order valence-electron chi connectivity index (χ3n) is 3.56.